The molecule has 0 saturated heterocycles. The van der Waals surface area contributed by atoms with Crippen LogP contribution in [0.15, 0.2) is 24.3 Å². The van der Waals surface area contributed by atoms with Crippen molar-refractivity contribution in [3.63, 3.8) is 0 Å². The van der Waals surface area contributed by atoms with Gasteiger partial charge in [0.1, 0.15) is 11.6 Å². The maximum atomic E-state index is 6.13. The van der Waals surface area contributed by atoms with Gasteiger partial charge in [0.25, 0.3) is 0 Å². The molecule has 0 N–H and O–H groups in total. The van der Waals surface area contributed by atoms with Crippen LogP contribution in [0.3, 0.4) is 0 Å². The summed E-state index contributed by atoms with van der Waals surface area (Å²) in [7, 11) is 0. The van der Waals surface area contributed by atoms with E-state index in [1.54, 1.807) is 0 Å². The minimum absolute atomic E-state index is 0.173. The van der Waals surface area contributed by atoms with Crippen LogP contribution in [0.5, 0.6) is 5.75 Å². The number of hydrogen-bond acceptors (Lipinski definition) is 3. The zero-order valence-electron chi connectivity index (χ0n) is 11.0. The predicted molar refractivity (Wildman–Crippen MR) is 74.1 cm³/mol. The Kier molecular flexibility index (Phi) is 3.19. The van der Waals surface area contributed by atoms with E-state index in [0.29, 0.717) is 11.2 Å². The number of nitrogens with zero attached hydrogens (tertiary/aromatic N) is 3. The number of halogens is 1. The molecule has 5 heteroatoms. The van der Waals surface area contributed by atoms with Crippen LogP contribution < -0.4 is 4.74 Å². The van der Waals surface area contributed by atoms with Crippen LogP contribution in [0.4, 0.5) is 0 Å². The Hall–Kier alpha value is -1.55. The van der Waals surface area contributed by atoms with Gasteiger partial charge >= 0.3 is 0 Å². The Balaban J connectivity index is 1.91. The molecule has 0 spiro atoms. The molecular weight excluding hydrogens is 262 g/mol. The largest absolute Gasteiger partial charge is 0.491 e. The van der Waals surface area contributed by atoms with Crippen LogP contribution in [-0.2, 0) is 0 Å². The molecule has 0 aliphatic heterocycles. The van der Waals surface area contributed by atoms with Crippen molar-refractivity contribution < 1.29 is 4.74 Å². The lowest BCUT2D eigenvalue weighted by atomic mass is 10.3. The van der Waals surface area contributed by atoms with Crippen LogP contribution >= 0.6 is 11.6 Å². The molecule has 1 aliphatic carbocycles. The highest BCUT2D eigenvalue weighted by atomic mass is 35.5. The van der Waals surface area contributed by atoms with E-state index in [1.807, 2.05) is 42.7 Å². The summed E-state index contributed by atoms with van der Waals surface area (Å²) in [4.78, 5) is 0. The quantitative estimate of drug-likeness (QED) is 0.857. The number of benzene rings is 1. The fraction of sp³-hybridized carbons (Fsp3) is 0.429. The fourth-order valence-electron chi connectivity index (χ4n) is 2.07. The summed E-state index contributed by atoms with van der Waals surface area (Å²) in [5.74, 6) is 2.32. The molecule has 1 aliphatic rings. The van der Waals surface area contributed by atoms with Gasteiger partial charge in [-0.3, -0.25) is 4.57 Å². The van der Waals surface area contributed by atoms with Crippen molar-refractivity contribution in [3.05, 3.63) is 35.4 Å². The third-order valence-electron chi connectivity index (χ3n) is 3.06. The molecule has 2 aromatic rings. The first kappa shape index (κ1) is 12.5. The van der Waals surface area contributed by atoms with Crippen molar-refractivity contribution in [2.24, 2.45) is 0 Å². The molecule has 0 bridgehead atoms. The third kappa shape index (κ3) is 2.59. The van der Waals surface area contributed by atoms with Crippen molar-refractivity contribution in [1.29, 1.82) is 0 Å². The maximum Gasteiger partial charge on any atom is 0.229 e. The van der Waals surface area contributed by atoms with Crippen LogP contribution in [0.2, 0.25) is 5.28 Å². The molecule has 1 aromatic carbocycles. The summed E-state index contributed by atoms with van der Waals surface area (Å²) in [6, 6.07) is 7.86. The van der Waals surface area contributed by atoms with Gasteiger partial charge in [-0.2, -0.15) is 0 Å². The Morgan fingerprint density at radius 1 is 1.21 bits per heavy atom. The van der Waals surface area contributed by atoms with E-state index in [1.165, 1.54) is 12.8 Å². The van der Waals surface area contributed by atoms with Crippen LogP contribution in [0.25, 0.3) is 5.69 Å². The van der Waals surface area contributed by atoms with Gasteiger partial charge in [-0.15, -0.1) is 10.2 Å². The molecule has 1 saturated carbocycles. The van der Waals surface area contributed by atoms with E-state index in [9.17, 15) is 0 Å². The smallest absolute Gasteiger partial charge is 0.229 e. The number of hydrogen-bond donors (Lipinski definition) is 0. The SMILES string of the molecule is CC(C)Oc1ccc(-n2c(Cl)nnc2C2CC2)cc1. The normalized spacial score (nSPS) is 14.9. The zero-order chi connectivity index (χ0) is 13.4. The van der Waals surface area contributed by atoms with E-state index < -0.39 is 0 Å². The molecule has 0 amide bonds. The fourth-order valence-corrected chi connectivity index (χ4v) is 2.29. The predicted octanol–water partition coefficient (Wildman–Crippen LogP) is 3.59. The molecule has 0 unspecified atom stereocenters. The molecule has 100 valence electrons. The highest BCUT2D eigenvalue weighted by Crippen LogP contribution is 2.40. The molecule has 19 heavy (non-hydrogen) atoms. The first-order valence-corrected chi connectivity index (χ1v) is 6.91. The maximum absolute atomic E-state index is 6.13. The Morgan fingerprint density at radius 3 is 2.47 bits per heavy atom. The van der Waals surface area contributed by atoms with Crippen molar-refractivity contribution in [3.8, 4) is 11.4 Å². The molecular formula is C14H16ClN3O. The van der Waals surface area contributed by atoms with Gasteiger partial charge in [-0.25, -0.2) is 0 Å². The topological polar surface area (TPSA) is 39.9 Å². The minimum atomic E-state index is 0.173. The van der Waals surface area contributed by atoms with E-state index in [-0.39, 0.29) is 6.10 Å². The number of rotatable bonds is 4. The van der Waals surface area contributed by atoms with E-state index in [2.05, 4.69) is 10.2 Å². The number of aromatic nitrogens is 3. The molecule has 1 aromatic heterocycles. The van der Waals surface area contributed by atoms with E-state index >= 15 is 0 Å². The van der Waals surface area contributed by atoms with Gasteiger partial charge in [-0.05, 0) is 62.6 Å². The second-order valence-corrected chi connectivity index (χ2v) is 5.44. The summed E-state index contributed by atoms with van der Waals surface area (Å²) >= 11 is 6.13. The Bertz CT molecular complexity index is 573. The lowest BCUT2D eigenvalue weighted by Crippen LogP contribution is -2.06. The van der Waals surface area contributed by atoms with Crippen molar-refractivity contribution in [2.45, 2.75) is 38.7 Å². The minimum Gasteiger partial charge on any atom is -0.491 e. The highest BCUT2D eigenvalue weighted by Gasteiger charge is 2.30. The monoisotopic (exact) mass is 277 g/mol. The Labute approximate surface area is 117 Å². The van der Waals surface area contributed by atoms with E-state index in [4.69, 9.17) is 16.3 Å². The molecule has 4 nitrogen and oxygen atoms in total. The van der Waals surface area contributed by atoms with Crippen LogP contribution in [0.1, 0.15) is 38.4 Å². The summed E-state index contributed by atoms with van der Waals surface area (Å²) in [5.41, 5.74) is 0.980. The lowest BCUT2D eigenvalue weighted by Gasteiger charge is -2.11. The highest BCUT2D eigenvalue weighted by molar-refractivity contribution is 6.28. The average Bonchev–Trinajstić information content (AvgIpc) is 3.14. The van der Waals surface area contributed by atoms with Crippen molar-refractivity contribution >= 4 is 11.6 Å². The summed E-state index contributed by atoms with van der Waals surface area (Å²) in [5, 5.41) is 8.56. The number of ether oxygens (including phenoxy) is 1. The molecule has 0 radical (unpaired) electrons. The summed E-state index contributed by atoms with van der Waals surface area (Å²) < 4.78 is 7.55. The van der Waals surface area contributed by atoms with Gasteiger partial charge in [0.05, 0.1) is 11.8 Å². The molecule has 3 rings (SSSR count). The van der Waals surface area contributed by atoms with E-state index in [0.717, 1.165) is 17.3 Å². The first-order valence-electron chi connectivity index (χ1n) is 6.53. The molecule has 0 atom stereocenters. The Morgan fingerprint density at radius 2 is 1.89 bits per heavy atom. The van der Waals surface area contributed by atoms with Crippen LogP contribution in [0, 0.1) is 0 Å². The second kappa shape index (κ2) is 4.85. The molecule has 1 heterocycles. The second-order valence-electron chi connectivity index (χ2n) is 5.10. The van der Waals surface area contributed by atoms with Gasteiger partial charge in [0.2, 0.25) is 5.28 Å². The zero-order valence-corrected chi connectivity index (χ0v) is 11.8. The van der Waals surface area contributed by atoms with Crippen molar-refractivity contribution in [1.82, 2.24) is 14.8 Å². The van der Waals surface area contributed by atoms with Gasteiger partial charge in [0, 0.05) is 5.92 Å². The average molecular weight is 278 g/mol. The van der Waals surface area contributed by atoms with Gasteiger partial charge in [0.15, 0.2) is 0 Å². The first-order chi connectivity index (χ1) is 9.15. The van der Waals surface area contributed by atoms with Crippen LogP contribution in [-0.4, -0.2) is 20.9 Å². The lowest BCUT2D eigenvalue weighted by molar-refractivity contribution is 0.242. The summed E-state index contributed by atoms with van der Waals surface area (Å²) in [6.07, 6.45) is 2.51. The van der Waals surface area contributed by atoms with Gasteiger partial charge in [-0.1, -0.05) is 0 Å². The van der Waals surface area contributed by atoms with Gasteiger partial charge < -0.3 is 4.74 Å². The standard InChI is InChI=1S/C14H16ClN3O/c1-9(2)19-12-7-5-11(6-8-12)18-13(10-3-4-10)16-17-14(18)15/h5-10H,3-4H2,1-2H3. The third-order valence-corrected chi connectivity index (χ3v) is 3.30. The summed E-state index contributed by atoms with van der Waals surface area (Å²) in [6.45, 7) is 4.02. The molecule has 1 fully saturated rings. The van der Waals surface area contributed by atoms with Crippen molar-refractivity contribution in [2.75, 3.05) is 0 Å².